The number of carbonyl (C=O) groups is 1. The van der Waals surface area contributed by atoms with Gasteiger partial charge in [-0.15, -0.1) is 0 Å². The number of ether oxygens (including phenoxy) is 1. The van der Waals surface area contributed by atoms with Crippen molar-refractivity contribution in [3.05, 3.63) is 35.9 Å². The van der Waals surface area contributed by atoms with Gasteiger partial charge in [-0.05, 0) is 19.2 Å². The zero-order valence-electron chi connectivity index (χ0n) is 13.1. The van der Waals surface area contributed by atoms with E-state index in [4.69, 9.17) is 4.74 Å². The molecule has 1 amide bonds. The van der Waals surface area contributed by atoms with Crippen LogP contribution in [-0.4, -0.2) is 85.2 Å². The molecule has 5 heteroatoms. The Morgan fingerprint density at radius 3 is 2.73 bits per heavy atom. The lowest BCUT2D eigenvalue weighted by molar-refractivity contribution is -0.153. The normalized spacial score (nSPS) is 28.2. The monoisotopic (exact) mass is 301 g/mol. The fourth-order valence-electron chi connectivity index (χ4n) is 4.35. The van der Waals surface area contributed by atoms with Crippen molar-refractivity contribution < 1.29 is 9.53 Å². The van der Waals surface area contributed by atoms with E-state index >= 15 is 0 Å². The van der Waals surface area contributed by atoms with Crippen molar-refractivity contribution in [1.29, 1.82) is 0 Å². The number of benzene rings is 1. The summed E-state index contributed by atoms with van der Waals surface area (Å²) in [6, 6.07) is 9.97. The Kier molecular flexibility index (Phi) is 3.44. The number of hydrogen-bond donors (Lipinski definition) is 0. The molecule has 1 aromatic carbocycles. The van der Waals surface area contributed by atoms with Gasteiger partial charge in [0.05, 0.1) is 24.8 Å². The summed E-state index contributed by atoms with van der Waals surface area (Å²) in [6.07, 6.45) is 0. The van der Waals surface area contributed by atoms with Crippen molar-refractivity contribution in [2.75, 3.05) is 53.0 Å². The van der Waals surface area contributed by atoms with Crippen molar-refractivity contribution >= 4 is 5.91 Å². The van der Waals surface area contributed by atoms with E-state index in [1.54, 1.807) is 0 Å². The quantitative estimate of drug-likeness (QED) is 0.758. The van der Waals surface area contributed by atoms with Crippen molar-refractivity contribution in [2.45, 2.75) is 11.6 Å². The number of morpholine rings is 1. The maximum absolute atomic E-state index is 12.8. The second kappa shape index (κ2) is 5.33. The van der Waals surface area contributed by atoms with Crippen molar-refractivity contribution in [1.82, 2.24) is 14.7 Å². The number of carbonyl (C=O) groups excluding carboxylic acids is 1. The maximum Gasteiger partial charge on any atom is 0.253 e. The van der Waals surface area contributed by atoms with E-state index in [1.165, 1.54) is 0 Å². The van der Waals surface area contributed by atoms with Gasteiger partial charge in [0, 0.05) is 38.3 Å². The molecule has 1 aromatic rings. The smallest absolute Gasteiger partial charge is 0.253 e. The average Bonchev–Trinajstić information content (AvgIpc) is 2.53. The Balaban J connectivity index is 1.58. The molecule has 22 heavy (non-hydrogen) atoms. The fraction of sp³-hybridized carbons (Fsp3) is 0.588. The second-order valence-electron chi connectivity index (χ2n) is 6.87. The number of rotatable bonds is 1. The van der Waals surface area contributed by atoms with E-state index < -0.39 is 0 Å². The summed E-state index contributed by atoms with van der Waals surface area (Å²) >= 11 is 0. The third-order valence-corrected chi connectivity index (χ3v) is 5.19. The van der Waals surface area contributed by atoms with Crippen LogP contribution in [0.2, 0.25) is 0 Å². The zero-order chi connectivity index (χ0) is 15.2. The highest BCUT2D eigenvalue weighted by molar-refractivity contribution is 5.94. The third-order valence-electron chi connectivity index (χ3n) is 5.19. The molecule has 118 valence electrons. The fourth-order valence-corrected chi connectivity index (χ4v) is 4.35. The minimum atomic E-state index is 0.131. The largest absolute Gasteiger partial charge is 0.378 e. The van der Waals surface area contributed by atoms with E-state index in [2.05, 4.69) is 16.8 Å². The highest BCUT2D eigenvalue weighted by Gasteiger charge is 2.53. The second-order valence-corrected chi connectivity index (χ2v) is 6.87. The van der Waals surface area contributed by atoms with Crippen molar-refractivity contribution in [3.63, 3.8) is 0 Å². The molecule has 0 saturated carbocycles. The third kappa shape index (κ3) is 2.24. The van der Waals surface area contributed by atoms with Crippen molar-refractivity contribution in [3.8, 4) is 0 Å². The summed E-state index contributed by atoms with van der Waals surface area (Å²) in [7, 11) is 2.15. The van der Waals surface area contributed by atoms with Gasteiger partial charge in [0.15, 0.2) is 0 Å². The van der Waals surface area contributed by atoms with Crippen LogP contribution in [0.15, 0.2) is 30.3 Å². The Bertz CT molecular complexity index is 556. The number of fused-ring (bicyclic) bond motifs is 2. The molecular formula is C17H23N3O2. The molecule has 4 rings (SSSR count). The lowest BCUT2D eigenvalue weighted by Gasteiger charge is -2.62. The standard InChI is InChI=1S/C17H23N3O2/c1-18-11-17(12-18)13-19(9-15-10-22-8-7-20(15)17)16(21)14-5-3-2-4-6-14/h2-6,15H,7-13H2,1H3/t15-/m1/s1. The number of piperazine rings is 1. The summed E-state index contributed by atoms with van der Waals surface area (Å²) in [5, 5.41) is 0. The molecule has 3 aliphatic rings. The number of likely N-dealkylation sites (N-methyl/N-ethyl adjacent to an activating group) is 1. The van der Waals surface area contributed by atoms with Crippen LogP contribution in [0.4, 0.5) is 0 Å². The molecule has 0 aromatic heterocycles. The first-order valence-electron chi connectivity index (χ1n) is 8.05. The minimum absolute atomic E-state index is 0.131. The van der Waals surface area contributed by atoms with E-state index in [0.717, 1.165) is 51.5 Å². The Morgan fingerprint density at radius 2 is 2.00 bits per heavy atom. The lowest BCUT2D eigenvalue weighted by atomic mass is 9.83. The number of nitrogens with zero attached hydrogens (tertiary/aromatic N) is 3. The first kappa shape index (κ1) is 14.2. The molecule has 3 aliphatic heterocycles. The molecule has 1 atom stereocenters. The summed E-state index contributed by atoms with van der Waals surface area (Å²) in [6.45, 7) is 6.25. The van der Waals surface area contributed by atoms with E-state index in [-0.39, 0.29) is 11.4 Å². The van der Waals surface area contributed by atoms with Gasteiger partial charge < -0.3 is 14.5 Å². The topological polar surface area (TPSA) is 36.0 Å². The Labute approximate surface area is 131 Å². The maximum atomic E-state index is 12.8. The van der Waals surface area contributed by atoms with Crippen molar-refractivity contribution in [2.24, 2.45) is 0 Å². The van der Waals surface area contributed by atoms with E-state index in [0.29, 0.717) is 6.04 Å². The highest BCUT2D eigenvalue weighted by Crippen LogP contribution is 2.35. The van der Waals surface area contributed by atoms with Crippen LogP contribution in [0.25, 0.3) is 0 Å². The van der Waals surface area contributed by atoms with Crippen LogP contribution in [0.1, 0.15) is 10.4 Å². The van der Waals surface area contributed by atoms with Gasteiger partial charge in [0.2, 0.25) is 0 Å². The molecular weight excluding hydrogens is 278 g/mol. The van der Waals surface area contributed by atoms with Gasteiger partial charge in [0.1, 0.15) is 0 Å². The molecule has 3 heterocycles. The van der Waals surface area contributed by atoms with Crippen LogP contribution in [0.3, 0.4) is 0 Å². The first-order valence-corrected chi connectivity index (χ1v) is 8.05. The molecule has 1 spiro atoms. The van der Waals surface area contributed by atoms with Crippen LogP contribution >= 0.6 is 0 Å². The van der Waals surface area contributed by atoms with Crippen LogP contribution in [-0.2, 0) is 4.74 Å². The number of likely N-dealkylation sites (tertiary alicyclic amines) is 1. The SMILES string of the molecule is CN1CC2(C1)CN(C(=O)c1ccccc1)C[C@@H]1COCCN12. The average molecular weight is 301 g/mol. The van der Waals surface area contributed by atoms with Gasteiger partial charge in [-0.3, -0.25) is 9.69 Å². The lowest BCUT2D eigenvalue weighted by Crippen LogP contribution is -2.80. The zero-order valence-corrected chi connectivity index (χ0v) is 13.1. The predicted molar refractivity (Wildman–Crippen MR) is 83.9 cm³/mol. The minimum Gasteiger partial charge on any atom is -0.378 e. The summed E-state index contributed by atoms with van der Waals surface area (Å²) in [5.74, 6) is 0.153. The van der Waals surface area contributed by atoms with Gasteiger partial charge in [0.25, 0.3) is 5.91 Å². The summed E-state index contributed by atoms with van der Waals surface area (Å²) in [4.78, 5) is 19.8. The summed E-state index contributed by atoms with van der Waals surface area (Å²) in [5.41, 5.74) is 0.918. The molecule has 0 N–H and O–H groups in total. The first-order chi connectivity index (χ1) is 10.7. The van der Waals surface area contributed by atoms with E-state index in [9.17, 15) is 4.79 Å². The molecule has 0 bridgehead atoms. The summed E-state index contributed by atoms with van der Waals surface area (Å²) < 4.78 is 5.67. The molecule has 3 saturated heterocycles. The molecule has 0 unspecified atom stereocenters. The molecule has 5 nitrogen and oxygen atoms in total. The number of amides is 1. The van der Waals surface area contributed by atoms with Crippen LogP contribution < -0.4 is 0 Å². The van der Waals surface area contributed by atoms with Gasteiger partial charge in [-0.1, -0.05) is 18.2 Å². The van der Waals surface area contributed by atoms with Crippen LogP contribution in [0, 0.1) is 0 Å². The molecule has 0 radical (unpaired) electrons. The predicted octanol–water partition coefficient (Wildman–Crippen LogP) is 0.527. The Hall–Kier alpha value is -1.43. The molecule has 3 fully saturated rings. The van der Waals surface area contributed by atoms with Gasteiger partial charge in [-0.2, -0.15) is 0 Å². The van der Waals surface area contributed by atoms with E-state index in [1.807, 2.05) is 35.2 Å². The highest BCUT2D eigenvalue weighted by atomic mass is 16.5. The Morgan fingerprint density at radius 1 is 1.23 bits per heavy atom. The van der Waals surface area contributed by atoms with Gasteiger partial charge in [-0.25, -0.2) is 0 Å². The molecule has 0 aliphatic carbocycles. The van der Waals surface area contributed by atoms with Crippen LogP contribution in [0.5, 0.6) is 0 Å². The number of hydrogen-bond acceptors (Lipinski definition) is 4. The van der Waals surface area contributed by atoms with Gasteiger partial charge >= 0.3 is 0 Å².